The van der Waals surface area contributed by atoms with Crippen molar-refractivity contribution in [3.05, 3.63) is 81.5 Å². The summed E-state index contributed by atoms with van der Waals surface area (Å²) in [6, 6.07) is 17.2. The quantitative estimate of drug-likeness (QED) is 0.362. The van der Waals surface area contributed by atoms with Gasteiger partial charge in [-0.15, -0.1) is 23.1 Å². The van der Waals surface area contributed by atoms with E-state index in [2.05, 4.69) is 10.0 Å². The molecule has 9 heteroatoms. The lowest BCUT2D eigenvalue weighted by Crippen LogP contribution is -2.26. The van der Waals surface area contributed by atoms with Gasteiger partial charge in [-0.1, -0.05) is 17.7 Å². The smallest absolute Gasteiger partial charge is 0.251 e. The number of sulfonamides is 1. The maximum Gasteiger partial charge on any atom is 0.251 e. The molecule has 3 aromatic rings. The van der Waals surface area contributed by atoms with Crippen LogP contribution in [0.25, 0.3) is 0 Å². The van der Waals surface area contributed by atoms with Gasteiger partial charge >= 0.3 is 0 Å². The fourth-order valence-corrected chi connectivity index (χ4v) is 5.05. The second-order valence-corrected chi connectivity index (χ2v) is 10.4. The summed E-state index contributed by atoms with van der Waals surface area (Å²) in [4.78, 5) is 14.4. The fourth-order valence-electron chi connectivity index (χ4n) is 2.41. The number of thiophene rings is 1. The van der Waals surface area contributed by atoms with Gasteiger partial charge in [-0.05, 0) is 60.0 Å². The first-order valence-corrected chi connectivity index (χ1v) is 12.5. The van der Waals surface area contributed by atoms with E-state index in [0.29, 0.717) is 22.9 Å². The molecule has 0 fully saturated rings. The Labute approximate surface area is 183 Å². The van der Waals surface area contributed by atoms with Gasteiger partial charge in [0.15, 0.2) is 0 Å². The SMILES string of the molecule is O=C(NCCSc1ccc(Cl)cc1)c1ccc(S(=O)(=O)NCc2cccs2)cc1. The Morgan fingerprint density at radius 3 is 2.41 bits per heavy atom. The number of amides is 1. The normalized spacial score (nSPS) is 11.3. The highest BCUT2D eigenvalue weighted by Gasteiger charge is 2.15. The molecule has 0 saturated carbocycles. The largest absolute Gasteiger partial charge is 0.351 e. The molecule has 1 heterocycles. The number of carbonyl (C=O) groups excluding carboxylic acids is 1. The van der Waals surface area contributed by atoms with Crippen molar-refractivity contribution in [2.24, 2.45) is 0 Å². The lowest BCUT2D eigenvalue weighted by atomic mass is 10.2. The van der Waals surface area contributed by atoms with Gasteiger partial charge in [0.25, 0.3) is 5.91 Å². The molecule has 0 radical (unpaired) electrons. The van der Waals surface area contributed by atoms with Crippen molar-refractivity contribution in [1.82, 2.24) is 10.0 Å². The van der Waals surface area contributed by atoms with Crippen molar-refractivity contribution >= 4 is 50.6 Å². The molecule has 1 amide bonds. The molecule has 29 heavy (non-hydrogen) atoms. The van der Waals surface area contributed by atoms with Gasteiger partial charge in [-0.25, -0.2) is 13.1 Å². The summed E-state index contributed by atoms with van der Waals surface area (Å²) in [6.07, 6.45) is 0. The maximum absolute atomic E-state index is 12.4. The second kappa shape index (κ2) is 10.3. The molecule has 0 aliphatic heterocycles. The Morgan fingerprint density at radius 1 is 1.03 bits per heavy atom. The zero-order valence-corrected chi connectivity index (χ0v) is 18.5. The van der Waals surface area contributed by atoms with Crippen molar-refractivity contribution in [1.29, 1.82) is 0 Å². The summed E-state index contributed by atoms with van der Waals surface area (Å²) < 4.78 is 27.3. The summed E-state index contributed by atoms with van der Waals surface area (Å²) in [7, 11) is -3.62. The van der Waals surface area contributed by atoms with E-state index in [4.69, 9.17) is 11.6 Å². The average molecular weight is 467 g/mol. The predicted octanol–water partition coefficient (Wildman–Crippen LogP) is 4.40. The van der Waals surface area contributed by atoms with Gasteiger partial charge in [0.1, 0.15) is 0 Å². The number of nitrogens with one attached hydrogen (secondary N) is 2. The summed E-state index contributed by atoms with van der Waals surface area (Å²) in [6.45, 7) is 0.738. The summed E-state index contributed by atoms with van der Waals surface area (Å²) in [5, 5.41) is 5.42. The van der Waals surface area contributed by atoms with Gasteiger partial charge in [-0.2, -0.15) is 0 Å². The molecule has 3 rings (SSSR count). The van der Waals surface area contributed by atoms with Gasteiger partial charge in [0, 0.05) is 39.2 Å². The van der Waals surface area contributed by atoms with Crippen molar-refractivity contribution in [3.8, 4) is 0 Å². The van der Waals surface area contributed by atoms with Crippen molar-refractivity contribution < 1.29 is 13.2 Å². The van der Waals surface area contributed by atoms with E-state index in [0.717, 1.165) is 9.77 Å². The third-order valence-electron chi connectivity index (χ3n) is 3.91. The first kappa shape index (κ1) is 21.9. The molecule has 0 saturated heterocycles. The van der Waals surface area contributed by atoms with Crippen LogP contribution in [0.4, 0.5) is 0 Å². The number of halogens is 1. The van der Waals surface area contributed by atoms with E-state index in [1.165, 1.54) is 35.6 Å². The highest BCUT2D eigenvalue weighted by Crippen LogP contribution is 2.19. The maximum atomic E-state index is 12.4. The first-order chi connectivity index (χ1) is 13.9. The second-order valence-electron chi connectivity index (χ2n) is 5.99. The van der Waals surface area contributed by atoms with E-state index in [9.17, 15) is 13.2 Å². The first-order valence-electron chi connectivity index (χ1n) is 8.73. The minimum absolute atomic E-state index is 0.129. The van der Waals surface area contributed by atoms with E-state index in [-0.39, 0.29) is 17.3 Å². The molecule has 0 bridgehead atoms. The summed E-state index contributed by atoms with van der Waals surface area (Å²) in [5.41, 5.74) is 0.415. The van der Waals surface area contributed by atoms with Crippen molar-refractivity contribution in [2.45, 2.75) is 16.3 Å². The van der Waals surface area contributed by atoms with Crippen molar-refractivity contribution in [3.63, 3.8) is 0 Å². The fraction of sp³-hybridized carbons (Fsp3) is 0.150. The third kappa shape index (κ3) is 6.58. The van der Waals surface area contributed by atoms with Crippen LogP contribution < -0.4 is 10.0 Å². The highest BCUT2D eigenvalue weighted by atomic mass is 35.5. The lowest BCUT2D eigenvalue weighted by Gasteiger charge is -2.08. The Kier molecular flexibility index (Phi) is 7.74. The van der Waals surface area contributed by atoms with Crippen LogP contribution in [-0.2, 0) is 16.6 Å². The molecular formula is C20H19ClN2O3S3. The van der Waals surface area contributed by atoms with Gasteiger partial charge < -0.3 is 5.32 Å². The van der Waals surface area contributed by atoms with Crippen LogP contribution in [0.15, 0.2) is 75.8 Å². The van der Waals surface area contributed by atoms with Crippen molar-refractivity contribution in [2.75, 3.05) is 12.3 Å². The number of benzene rings is 2. The molecule has 5 nitrogen and oxygen atoms in total. The van der Waals surface area contributed by atoms with Gasteiger partial charge in [-0.3, -0.25) is 4.79 Å². The molecule has 0 aliphatic carbocycles. The van der Waals surface area contributed by atoms with Crippen LogP contribution in [-0.4, -0.2) is 26.6 Å². The molecule has 0 aliphatic rings. The number of hydrogen-bond donors (Lipinski definition) is 2. The Balaban J connectivity index is 1.48. The molecule has 152 valence electrons. The Hall–Kier alpha value is -1.84. The highest BCUT2D eigenvalue weighted by molar-refractivity contribution is 7.99. The summed E-state index contributed by atoms with van der Waals surface area (Å²) >= 11 is 8.96. The van der Waals surface area contributed by atoms with Crippen LogP contribution >= 0.6 is 34.7 Å². The van der Waals surface area contributed by atoms with E-state index in [1.807, 2.05) is 41.8 Å². The predicted molar refractivity (Wildman–Crippen MR) is 119 cm³/mol. The average Bonchev–Trinajstić information content (AvgIpc) is 3.25. The number of thioether (sulfide) groups is 1. The van der Waals surface area contributed by atoms with Gasteiger partial charge in [0.2, 0.25) is 10.0 Å². The third-order valence-corrected chi connectivity index (χ3v) is 7.47. The van der Waals surface area contributed by atoms with Crippen LogP contribution in [0.1, 0.15) is 15.2 Å². The standard InChI is InChI=1S/C20H19ClN2O3S3/c21-16-5-7-17(8-6-16)28-13-11-22-20(24)15-3-9-19(10-4-15)29(25,26)23-14-18-2-1-12-27-18/h1-10,12,23H,11,13-14H2,(H,22,24). The molecule has 2 N–H and O–H groups in total. The van der Waals surface area contributed by atoms with E-state index >= 15 is 0 Å². The molecule has 0 unspecified atom stereocenters. The molecular weight excluding hydrogens is 448 g/mol. The van der Waals surface area contributed by atoms with Crippen LogP contribution in [0.3, 0.4) is 0 Å². The molecule has 2 aromatic carbocycles. The van der Waals surface area contributed by atoms with Crippen LogP contribution in [0.5, 0.6) is 0 Å². The zero-order chi connectivity index (χ0) is 20.7. The Bertz CT molecular complexity index is 1040. The Morgan fingerprint density at radius 2 is 1.76 bits per heavy atom. The molecule has 0 spiro atoms. The minimum atomic E-state index is -3.62. The molecule has 1 aromatic heterocycles. The summed E-state index contributed by atoms with van der Waals surface area (Å²) in [5.74, 6) is 0.476. The monoisotopic (exact) mass is 466 g/mol. The number of carbonyl (C=O) groups is 1. The molecule has 0 atom stereocenters. The lowest BCUT2D eigenvalue weighted by molar-refractivity contribution is 0.0956. The zero-order valence-electron chi connectivity index (χ0n) is 15.3. The van der Waals surface area contributed by atoms with E-state index < -0.39 is 10.0 Å². The number of hydrogen-bond acceptors (Lipinski definition) is 5. The van der Waals surface area contributed by atoms with Crippen LogP contribution in [0.2, 0.25) is 5.02 Å². The number of rotatable bonds is 9. The van der Waals surface area contributed by atoms with E-state index in [1.54, 1.807) is 11.8 Å². The van der Waals surface area contributed by atoms with Crippen LogP contribution in [0, 0.1) is 0 Å². The minimum Gasteiger partial charge on any atom is -0.351 e. The van der Waals surface area contributed by atoms with Gasteiger partial charge in [0.05, 0.1) is 4.90 Å². The topological polar surface area (TPSA) is 75.3 Å².